The van der Waals surface area contributed by atoms with Crippen LogP contribution in [0.3, 0.4) is 0 Å². The fourth-order valence-corrected chi connectivity index (χ4v) is 6.18. The number of hydrogen-bond donors (Lipinski definition) is 4. The number of nitrogens with two attached hydrogens (primary N) is 1. The van der Waals surface area contributed by atoms with E-state index in [1.807, 2.05) is 17.9 Å². The number of amides is 1. The van der Waals surface area contributed by atoms with Gasteiger partial charge in [-0.3, -0.25) is 10.2 Å². The van der Waals surface area contributed by atoms with Crippen LogP contribution in [0.4, 0.5) is 20.2 Å². The van der Waals surface area contributed by atoms with Crippen LogP contribution < -0.4 is 15.4 Å². The highest BCUT2D eigenvalue weighted by atomic mass is 32.2. The van der Waals surface area contributed by atoms with Crippen molar-refractivity contribution in [2.45, 2.75) is 62.3 Å². The lowest BCUT2D eigenvalue weighted by atomic mass is 10.0. The number of benzene rings is 1. The van der Waals surface area contributed by atoms with E-state index in [9.17, 15) is 17.8 Å². The Morgan fingerprint density at radius 2 is 1.79 bits per heavy atom. The maximum Gasteiger partial charge on any atom is 0.286 e. The van der Waals surface area contributed by atoms with Crippen LogP contribution in [-0.2, 0) is 15.8 Å². The molecule has 38 heavy (non-hydrogen) atoms. The molecule has 5 N–H and O–H groups in total. The van der Waals surface area contributed by atoms with Gasteiger partial charge >= 0.3 is 0 Å². The molecule has 4 fully saturated rings. The summed E-state index contributed by atoms with van der Waals surface area (Å²) in [7, 11) is -1.57. The van der Waals surface area contributed by atoms with Crippen LogP contribution in [0.25, 0.3) is 0 Å². The summed E-state index contributed by atoms with van der Waals surface area (Å²) in [6.07, 6.45) is 2.51. The lowest BCUT2D eigenvalue weighted by molar-refractivity contribution is -0.132. The quantitative estimate of drug-likeness (QED) is 0.268. The monoisotopic (exact) mass is 565 g/mol. The Balaban J connectivity index is 1.51. The Labute approximate surface area is 227 Å². The second kappa shape index (κ2) is 10.6. The second-order valence-corrected chi connectivity index (χ2v) is 13.0. The van der Waals surface area contributed by atoms with E-state index < -0.39 is 22.5 Å². The van der Waals surface area contributed by atoms with E-state index in [1.165, 1.54) is 0 Å². The average molecular weight is 566 g/mol. The molecule has 1 aliphatic heterocycles. The van der Waals surface area contributed by atoms with Crippen molar-refractivity contribution in [2.24, 2.45) is 22.6 Å². The number of carbonyl (C=O) groups excluding carboxylic acids is 1. The van der Waals surface area contributed by atoms with Gasteiger partial charge < -0.3 is 20.9 Å². The summed E-state index contributed by atoms with van der Waals surface area (Å²) in [6, 6.07) is 3.43. The maximum absolute atomic E-state index is 13.3. The van der Waals surface area contributed by atoms with Gasteiger partial charge in [0, 0.05) is 60.5 Å². The topological polar surface area (TPSA) is 139 Å². The third-order valence-electron chi connectivity index (χ3n) is 7.38. The van der Waals surface area contributed by atoms with Crippen molar-refractivity contribution < 1.29 is 17.8 Å². The molecule has 1 atom stereocenters. The van der Waals surface area contributed by atoms with Gasteiger partial charge in [-0.05, 0) is 69.3 Å². The van der Waals surface area contributed by atoms with Crippen LogP contribution in [0.2, 0.25) is 0 Å². The molecular formula is C25H33F2N7O2S2. The molecule has 206 valence electrons. The molecule has 3 saturated carbocycles. The minimum absolute atomic E-state index is 0.0634. The van der Waals surface area contributed by atoms with Gasteiger partial charge in [-0.15, -0.1) is 0 Å². The highest BCUT2D eigenvalue weighted by molar-refractivity contribution is 8.26. The normalized spacial score (nSPS) is 21.9. The minimum atomic E-state index is -2.97. The molecule has 3 aliphatic carbocycles. The molecule has 0 bridgehead atoms. The van der Waals surface area contributed by atoms with E-state index in [2.05, 4.69) is 14.6 Å². The summed E-state index contributed by atoms with van der Waals surface area (Å²) in [5.41, 5.74) is 7.67. The number of carbonyl (C=O) groups is 1. The van der Waals surface area contributed by atoms with Gasteiger partial charge in [0.2, 0.25) is 5.91 Å². The average Bonchev–Trinajstić information content (AvgIpc) is 3.73. The first-order valence-electron chi connectivity index (χ1n) is 12.9. The first-order valence-corrected chi connectivity index (χ1v) is 14.9. The number of nitrogens with zero attached hydrogens (tertiary/aromatic N) is 3. The van der Waals surface area contributed by atoms with Gasteiger partial charge in [0.15, 0.2) is 5.17 Å². The molecule has 0 aromatic heterocycles. The molecule has 1 heterocycles. The van der Waals surface area contributed by atoms with Crippen LogP contribution in [0, 0.1) is 22.7 Å². The number of halogens is 2. The summed E-state index contributed by atoms with van der Waals surface area (Å²) in [5.74, 6) is 0.409. The number of amidine groups is 1. The standard InChI is InChI=1S/C25H33F2N7O2S2/c1-25(6-7-25)32-38(36)16-12-17(31-24(30)37-22(29)21(26)27)19(20(28)14-2-3-14)18(13-16)33-8-10-34(11-9-33)23(35)15-4-5-15/h12-15,21,28-29,32H,2-11H2,1H3,(H2,30,31). The molecule has 1 unspecified atom stereocenters. The van der Waals surface area contributed by atoms with E-state index in [-0.39, 0.29) is 34.1 Å². The highest BCUT2D eigenvalue weighted by Crippen LogP contribution is 2.42. The zero-order chi connectivity index (χ0) is 27.2. The Morgan fingerprint density at radius 3 is 2.34 bits per heavy atom. The first kappa shape index (κ1) is 27.2. The number of hydrogen-bond acceptors (Lipinski definition) is 7. The highest BCUT2D eigenvalue weighted by Gasteiger charge is 2.40. The lowest BCUT2D eigenvalue weighted by Gasteiger charge is -2.37. The first-order chi connectivity index (χ1) is 18.0. The molecule has 1 aromatic rings. The van der Waals surface area contributed by atoms with Gasteiger partial charge in [0.1, 0.15) is 16.0 Å². The molecule has 4 aliphatic rings. The molecule has 13 heteroatoms. The molecule has 9 nitrogen and oxygen atoms in total. The second-order valence-electron chi connectivity index (χ2n) is 10.8. The number of thioether (sulfide) groups is 1. The van der Waals surface area contributed by atoms with Crippen molar-refractivity contribution in [1.29, 1.82) is 10.8 Å². The van der Waals surface area contributed by atoms with Crippen molar-refractivity contribution in [3.8, 4) is 0 Å². The van der Waals surface area contributed by atoms with Crippen LogP contribution in [0.5, 0.6) is 0 Å². The van der Waals surface area contributed by atoms with Gasteiger partial charge in [0.05, 0.1) is 10.6 Å². The van der Waals surface area contributed by atoms with Crippen molar-refractivity contribution in [3.63, 3.8) is 0 Å². The van der Waals surface area contributed by atoms with Crippen molar-refractivity contribution in [1.82, 2.24) is 9.62 Å². The zero-order valence-corrected chi connectivity index (χ0v) is 22.9. The summed E-state index contributed by atoms with van der Waals surface area (Å²) in [5, 5.41) is 15.3. The van der Waals surface area contributed by atoms with Crippen LogP contribution in [-0.4, -0.2) is 69.1 Å². The smallest absolute Gasteiger partial charge is 0.286 e. The minimum Gasteiger partial charge on any atom is -0.378 e. The summed E-state index contributed by atoms with van der Waals surface area (Å²) >= 11 is 0.376. The SMILES string of the molecule is CC1(NS(=O)c2cc(N=C(N)SC(=N)C(F)F)c(C(=N)C3CC3)c(N3CCN(C(=O)C4CC4)CC3)c2)CC1. The third-order valence-corrected chi connectivity index (χ3v) is 9.42. The van der Waals surface area contributed by atoms with Gasteiger partial charge in [-0.2, -0.15) is 0 Å². The van der Waals surface area contributed by atoms with E-state index in [1.54, 1.807) is 6.07 Å². The molecule has 5 rings (SSSR count). The number of piperazine rings is 1. The van der Waals surface area contributed by atoms with Crippen LogP contribution in [0.15, 0.2) is 22.0 Å². The molecule has 1 saturated heterocycles. The lowest BCUT2D eigenvalue weighted by Crippen LogP contribution is -2.49. The Morgan fingerprint density at radius 1 is 1.16 bits per heavy atom. The molecule has 1 amide bonds. The van der Waals surface area contributed by atoms with Crippen LogP contribution in [0.1, 0.15) is 51.0 Å². The third kappa shape index (κ3) is 6.26. The fraction of sp³-hybridized carbons (Fsp3) is 0.600. The molecular weight excluding hydrogens is 532 g/mol. The van der Waals surface area contributed by atoms with Gasteiger partial charge in [0.25, 0.3) is 6.43 Å². The van der Waals surface area contributed by atoms with E-state index >= 15 is 0 Å². The number of nitrogens with one attached hydrogen (secondary N) is 3. The number of aliphatic imine (C=N–C) groups is 1. The van der Waals surface area contributed by atoms with Crippen LogP contribution >= 0.6 is 11.8 Å². The van der Waals surface area contributed by atoms with E-state index in [4.69, 9.17) is 16.6 Å². The predicted octanol–water partition coefficient (Wildman–Crippen LogP) is 3.61. The van der Waals surface area contributed by atoms with Crippen molar-refractivity contribution in [2.75, 3.05) is 31.1 Å². The number of anilines is 1. The van der Waals surface area contributed by atoms with Crippen molar-refractivity contribution in [3.05, 3.63) is 17.7 Å². The number of rotatable bonds is 9. The predicted molar refractivity (Wildman–Crippen MR) is 147 cm³/mol. The van der Waals surface area contributed by atoms with Gasteiger partial charge in [-0.25, -0.2) is 22.7 Å². The molecule has 1 aromatic carbocycles. The molecule has 0 spiro atoms. The Hall–Kier alpha value is -2.38. The van der Waals surface area contributed by atoms with Gasteiger partial charge in [-0.1, -0.05) is 0 Å². The van der Waals surface area contributed by atoms with E-state index in [0.29, 0.717) is 59.8 Å². The Bertz CT molecular complexity index is 1200. The summed E-state index contributed by atoms with van der Waals surface area (Å²) < 4.78 is 42.4. The maximum atomic E-state index is 13.3. The Kier molecular flexibility index (Phi) is 7.62. The zero-order valence-electron chi connectivity index (χ0n) is 21.3. The number of alkyl halides is 2. The van der Waals surface area contributed by atoms with E-state index in [0.717, 1.165) is 38.5 Å². The fourth-order valence-electron chi connectivity index (χ4n) is 4.51. The largest absolute Gasteiger partial charge is 0.378 e. The summed E-state index contributed by atoms with van der Waals surface area (Å²) in [6.45, 7) is 4.21. The summed E-state index contributed by atoms with van der Waals surface area (Å²) in [4.78, 5) is 21.4. The van der Waals surface area contributed by atoms with Crippen molar-refractivity contribution >= 4 is 56.0 Å². The molecule has 0 radical (unpaired) electrons.